The summed E-state index contributed by atoms with van der Waals surface area (Å²) in [5.74, 6) is 2.47. The zero-order valence-electron chi connectivity index (χ0n) is 10.3. The van der Waals surface area contributed by atoms with Crippen LogP contribution < -0.4 is 4.74 Å². The summed E-state index contributed by atoms with van der Waals surface area (Å²) >= 11 is 12.1. The highest BCUT2D eigenvalue weighted by Crippen LogP contribution is 2.34. The van der Waals surface area contributed by atoms with Crippen LogP contribution in [0.2, 0.25) is 5.02 Å². The Morgan fingerprint density at radius 3 is 3.06 bits per heavy atom. The molecule has 0 spiro atoms. The van der Waals surface area contributed by atoms with Crippen molar-refractivity contribution in [2.24, 2.45) is 5.92 Å². The molecule has 1 atom stereocenters. The Balaban J connectivity index is 1.77. The standard InChI is InChI=1S/C14H17Cl2NO/c15-7-10-1-3-17(8-10)9-12-6-13(16)5-11-2-4-18-14(11)12/h5-6,10H,1-4,7-9H2. The molecule has 0 bridgehead atoms. The van der Waals surface area contributed by atoms with Crippen molar-refractivity contribution in [1.82, 2.24) is 4.90 Å². The summed E-state index contributed by atoms with van der Waals surface area (Å²) in [6.07, 6.45) is 2.18. The number of benzene rings is 1. The van der Waals surface area contributed by atoms with E-state index in [1.807, 2.05) is 12.1 Å². The maximum absolute atomic E-state index is 6.17. The molecule has 2 aliphatic heterocycles. The fourth-order valence-electron chi connectivity index (χ4n) is 2.89. The van der Waals surface area contributed by atoms with Gasteiger partial charge in [-0.3, -0.25) is 4.90 Å². The SMILES string of the molecule is ClCC1CCN(Cc2cc(Cl)cc3c2OCC3)C1. The van der Waals surface area contributed by atoms with Crippen molar-refractivity contribution in [3.05, 3.63) is 28.3 Å². The lowest BCUT2D eigenvalue weighted by atomic mass is 10.1. The summed E-state index contributed by atoms with van der Waals surface area (Å²) in [6, 6.07) is 4.07. The van der Waals surface area contributed by atoms with Crippen LogP contribution in [0.15, 0.2) is 12.1 Å². The molecule has 2 nitrogen and oxygen atoms in total. The van der Waals surface area contributed by atoms with Gasteiger partial charge in [0.2, 0.25) is 0 Å². The van der Waals surface area contributed by atoms with E-state index in [4.69, 9.17) is 27.9 Å². The van der Waals surface area contributed by atoms with Gasteiger partial charge in [-0.2, -0.15) is 0 Å². The summed E-state index contributed by atoms with van der Waals surface area (Å²) < 4.78 is 5.74. The first-order valence-electron chi connectivity index (χ1n) is 6.48. The van der Waals surface area contributed by atoms with Crippen LogP contribution in [0, 0.1) is 5.92 Å². The van der Waals surface area contributed by atoms with Gasteiger partial charge in [-0.25, -0.2) is 0 Å². The topological polar surface area (TPSA) is 12.5 Å². The molecule has 0 aromatic heterocycles. The van der Waals surface area contributed by atoms with Crippen LogP contribution in [-0.4, -0.2) is 30.5 Å². The molecule has 98 valence electrons. The van der Waals surface area contributed by atoms with Crippen LogP contribution in [0.25, 0.3) is 0 Å². The van der Waals surface area contributed by atoms with Crippen LogP contribution in [0.1, 0.15) is 17.5 Å². The number of halogens is 2. The molecule has 0 aliphatic carbocycles. The van der Waals surface area contributed by atoms with E-state index in [1.54, 1.807) is 0 Å². The predicted octanol–water partition coefficient (Wildman–Crippen LogP) is 3.34. The van der Waals surface area contributed by atoms with E-state index in [0.717, 1.165) is 49.3 Å². The number of hydrogen-bond donors (Lipinski definition) is 0. The van der Waals surface area contributed by atoms with Gasteiger partial charge in [0.25, 0.3) is 0 Å². The number of rotatable bonds is 3. The van der Waals surface area contributed by atoms with Crippen molar-refractivity contribution in [3.63, 3.8) is 0 Å². The fraction of sp³-hybridized carbons (Fsp3) is 0.571. The molecule has 0 radical (unpaired) electrons. The van der Waals surface area contributed by atoms with Gasteiger partial charge >= 0.3 is 0 Å². The van der Waals surface area contributed by atoms with E-state index in [1.165, 1.54) is 17.5 Å². The third-order valence-electron chi connectivity index (χ3n) is 3.81. The molecule has 1 aromatic rings. The smallest absolute Gasteiger partial charge is 0.127 e. The lowest BCUT2D eigenvalue weighted by Gasteiger charge is -2.17. The minimum atomic E-state index is 0.639. The van der Waals surface area contributed by atoms with Crippen LogP contribution in [-0.2, 0) is 13.0 Å². The fourth-order valence-corrected chi connectivity index (χ4v) is 3.40. The maximum atomic E-state index is 6.17. The molecular formula is C14H17Cl2NO. The van der Waals surface area contributed by atoms with Crippen molar-refractivity contribution < 1.29 is 4.74 Å². The highest BCUT2D eigenvalue weighted by molar-refractivity contribution is 6.30. The van der Waals surface area contributed by atoms with Crippen LogP contribution in [0.5, 0.6) is 5.75 Å². The monoisotopic (exact) mass is 285 g/mol. The molecule has 1 saturated heterocycles. The Morgan fingerprint density at radius 2 is 2.28 bits per heavy atom. The van der Waals surface area contributed by atoms with Gasteiger partial charge in [0.05, 0.1) is 6.61 Å². The van der Waals surface area contributed by atoms with Crippen LogP contribution >= 0.6 is 23.2 Å². The molecule has 1 fully saturated rings. The maximum Gasteiger partial charge on any atom is 0.127 e. The first kappa shape index (κ1) is 12.6. The van der Waals surface area contributed by atoms with E-state index < -0.39 is 0 Å². The summed E-state index contributed by atoms with van der Waals surface area (Å²) in [5.41, 5.74) is 2.48. The number of alkyl halides is 1. The van der Waals surface area contributed by atoms with Crippen LogP contribution in [0.4, 0.5) is 0 Å². The molecule has 1 aromatic carbocycles. The van der Waals surface area contributed by atoms with Gasteiger partial charge in [-0.05, 0) is 36.6 Å². The van der Waals surface area contributed by atoms with Gasteiger partial charge in [0.1, 0.15) is 5.75 Å². The third-order valence-corrected chi connectivity index (χ3v) is 4.46. The number of fused-ring (bicyclic) bond motifs is 1. The van der Waals surface area contributed by atoms with E-state index in [-0.39, 0.29) is 0 Å². The quantitative estimate of drug-likeness (QED) is 0.790. The van der Waals surface area contributed by atoms with Gasteiger partial charge in [-0.15, -0.1) is 11.6 Å². The third kappa shape index (κ3) is 2.47. The predicted molar refractivity (Wildman–Crippen MR) is 74.8 cm³/mol. The van der Waals surface area contributed by atoms with Gasteiger partial charge in [-0.1, -0.05) is 11.6 Å². The summed E-state index contributed by atoms with van der Waals surface area (Å²) in [6.45, 7) is 3.92. The van der Waals surface area contributed by atoms with E-state index >= 15 is 0 Å². The average molecular weight is 286 g/mol. The Labute approximate surface area is 118 Å². The zero-order valence-corrected chi connectivity index (χ0v) is 11.8. The van der Waals surface area contributed by atoms with Gasteiger partial charge in [0, 0.05) is 36.0 Å². The van der Waals surface area contributed by atoms with E-state index in [0.29, 0.717) is 5.92 Å². The normalized spacial score (nSPS) is 23.1. The largest absolute Gasteiger partial charge is 0.493 e. The molecule has 3 rings (SSSR count). The number of hydrogen-bond acceptors (Lipinski definition) is 2. The van der Waals surface area contributed by atoms with Crippen molar-refractivity contribution in [1.29, 1.82) is 0 Å². The number of ether oxygens (including phenoxy) is 1. The lowest BCUT2D eigenvalue weighted by molar-refractivity contribution is 0.306. The number of likely N-dealkylation sites (tertiary alicyclic amines) is 1. The van der Waals surface area contributed by atoms with Crippen molar-refractivity contribution in [2.45, 2.75) is 19.4 Å². The molecular weight excluding hydrogens is 269 g/mol. The summed E-state index contributed by atoms with van der Waals surface area (Å²) in [5, 5.41) is 0.822. The summed E-state index contributed by atoms with van der Waals surface area (Å²) in [4.78, 5) is 2.45. The molecule has 4 heteroatoms. The number of nitrogens with zero attached hydrogens (tertiary/aromatic N) is 1. The molecule has 2 heterocycles. The Hall–Kier alpha value is -0.440. The average Bonchev–Trinajstić information content (AvgIpc) is 2.97. The molecule has 1 unspecified atom stereocenters. The second-order valence-corrected chi connectivity index (χ2v) is 5.94. The van der Waals surface area contributed by atoms with Crippen LogP contribution in [0.3, 0.4) is 0 Å². The second kappa shape index (κ2) is 5.28. The molecule has 0 saturated carbocycles. The van der Waals surface area contributed by atoms with Crippen molar-refractivity contribution in [2.75, 3.05) is 25.6 Å². The molecule has 0 N–H and O–H groups in total. The highest BCUT2D eigenvalue weighted by atomic mass is 35.5. The molecule has 2 aliphatic rings. The Bertz CT molecular complexity index is 450. The first-order chi connectivity index (χ1) is 8.76. The summed E-state index contributed by atoms with van der Waals surface area (Å²) in [7, 11) is 0. The molecule has 18 heavy (non-hydrogen) atoms. The minimum absolute atomic E-state index is 0.639. The molecule has 0 amide bonds. The lowest BCUT2D eigenvalue weighted by Crippen LogP contribution is -2.20. The highest BCUT2D eigenvalue weighted by Gasteiger charge is 2.24. The Morgan fingerprint density at radius 1 is 1.39 bits per heavy atom. The van der Waals surface area contributed by atoms with Crippen molar-refractivity contribution >= 4 is 23.2 Å². The van der Waals surface area contributed by atoms with E-state index in [2.05, 4.69) is 4.90 Å². The Kier molecular flexibility index (Phi) is 3.69. The first-order valence-corrected chi connectivity index (χ1v) is 7.40. The second-order valence-electron chi connectivity index (χ2n) is 5.20. The van der Waals surface area contributed by atoms with E-state index in [9.17, 15) is 0 Å². The zero-order chi connectivity index (χ0) is 12.5. The van der Waals surface area contributed by atoms with Crippen molar-refractivity contribution in [3.8, 4) is 5.75 Å². The van der Waals surface area contributed by atoms with Gasteiger partial charge in [0.15, 0.2) is 0 Å². The van der Waals surface area contributed by atoms with Gasteiger partial charge < -0.3 is 4.74 Å². The minimum Gasteiger partial charge on any atom is -0.493 e.